The van der Waals surface area contributed by atoms with Crippen molar-refractivity contribution in [3.8, 4) is 11.3 Å². The molecule has 124 valence electrons. The molecule has 0 saturated heterocycles. The Bertz CT molecular complexity index is 937. The molecule has 0 radical (unpaired) electrons. The van der Waals surface area contributed by atoms with E-state index in [1.54, 1.807) is 0 Å². The van der Waals surface area contributed by atoms with E-state index < -0.39 is 5.97 Å². The van der Waals surface area contributed by atoms with Crippen molar-refractivity contribution in [2.75, 3.05) is 7.11 Å². The highest BCUT2D eigenvalue weighted by molar-refractivity contribution is 7.15. The molecule has 6 heteroatoms. The normalized spacial score (nSPS) is 11.9. The molecule has 0 saturated carbocycles. The SMILES string of the molecule is CO/C=C(/Cc1csc2nc(-c3ccc(C)cc3C)cn12)C(=O)O. The highest BCUT2D eigenvalue weighted by Gasteiger charge is 2.15. The van der Waals surface area contributed by atoms with Crippen LogP contribution in [0.3, 0.4) is 0 Å². The molecule has 2 heterocycles. The minimum absolute atomic E-state index is 0.207. The van der Waals surface area contributed by atoms with E-state index in [9.17, 15) is 9.90 Å². The zero-order valence-corrected chi connectivity index (χ0v) is 14.6. The van der Waals surface area contributed by atoms with Crippen molar-refractivity contribution < 1.29 is 14.6 Å². The fourth-order valence-electron chi connectivity index (χ4n) is 2.69. The number of methoxy groups -OCH3 is 1. The molecule has 1 aromatic carbocycles. The van der Waals surface area contributed by atoms with E-state index in [1.165, 1.54) is 35.8 Å². The monoisotopic (exact) mass is 342 g/mol. The van der Waals surface area contributed by atoms with Gasteiger partial charge in [-0.05, 0) is 19.4 Å². The Morgan fingerprint density at radius 2 is 2.21 bits per heavy atom. The van der Waals surface area contributed by atoms with Gasteiger partial charge < -0.3 is 9.84 Å². The first kappa shape index (κ1) is 16.3. The van der Waals surface area contributed by atoms with E-state index in [4.69, 9.17) is 4.74 Å². The summed E-state index contributed by atoms with van der Waals surface area (Å²) in [5.41, 5.74) is 5.46. The Morgan fingerprint density at radius 1 is 1.42 bits per heavy atom. The number of carboxylic acid groups (broad SMARTS) is 1. The predicted octanol–water partition coefficient (Wildman–Crippen LogP) is 3.84. The maximum Gasteiger partial charge on any atom is 0.335 e. The van der Waals surface area contributed by atoms with Gasteiger partial charge in [0, 0.05) is 29.3 Å². The van der Waals surface area contributed by atoms with Gasteiger partial charge in [0.25, 0.3) is 0 Å². The van der Waals surface area contributed by atoms with Crippen LogP contribution in [-0.4, -0.2) is 27.6 Å². The number of hydrogen-bond donors (Lipinski definition) is 1. The van der Waals surface area contributed by atoms with Gasteiger partial charge in [-0.25, -0.2) is 9.78 Å². The number of carboxylic acids is 1. The number of benzene rings is 1. The first-order valence-corrected chi connectivity index (χ1v) is 8.35. The smallest absolute Gasteiger partial charge is 0.335 e. The minimum Gasteiger partial charge on any atom is -0.504 e. The van der Waals surface area contributed by atoms with Crippen LogP contribution in [0.4, 0.5) is 0 Å². The highest BCUT2D eigenvalue weighted by Crippen LogP contribution is 2.27. The van der Waals surface area contributed by atoms with Crippen LogP contribution >= 0.6 is 11.3 Å². The average molecular weight is 342 g/mol. The average Bonchev–Trinajstić information content (AvgIpc) is 3.08. The highest BCUT2D eigenvalue weighted by atomic mass is 32.1. The molecule has 3 rings (SSSR count). The lowest BCUT2D eigenvalue weighted by Crippen LogP contribution is -2.05. The van der Waals surface area contributed by atoms with E-state index in [0.29, 0.717) is 0 Å². The second-order valence-electron chi connectivity index (χ2n) is 5.68. The third-order valence-electron chi connectivity index (χ3n) is 3.85. The maximum atomic E-state index is 11.3. The lowest BCUT2D eigenvalue weighted by atomic mass is 10.0. The summed E-state index contributed by atoms with van der Waals surface area (Å²) in [4.78, 5) is 16.8. The van der Waals surface area contributed by atoms with Crippen molar-refractivity contribution in [3.05, 3.63) is 58.4 Å². The fraction of sp³-hybridized carbons (Fsp3) is 0.222. The first-order chi connectivity index (χ1) is 11.5. The molecule has 1 N–H and O–H groups in total. The second-order valence-corrected chi connectivity index (χ2v) is 6.52. The van der Waals surface area contributed by atoms with Crippen LogP contribution in [0.1, 0.15) is 16.8 Å². The zero-order valence-electron chi connectivity index (χ0n) is 13.7. The Labute approximate surface area is 143 Å². The maximum absolute atomic E-state index is 11.3. The van der Waals surface area contributed by atoms with Crippen LogP contribution in [0, 0.1) is 13.8 Å². The second kappa shape index (κ2) is 6.49. The number of aliphatic carboxylic acids is 1. The number of thiazole rings is 1. The molecule has 0 atom stereocenters. The Morgan fingerprint density at radius 3 is 2.88 bits per heavy atom. The molecule has 0 amide bonds. The summed E-state index contributed by atoms with van der Waals surface area (Å²) in [6.07, 6.45) is 3.52. The lowest BCUT2D eigenvalue weighted by Gasteiger charge is -2.03. The predicted molar refractivity (Wildman–Crippen MR) is 94.4 cm³/mol. The number of aromatic nitrogens is 2. The number of imidazole rings is 1. The quantitative estimate of drug-likeness (QED) is 0.565. The summed E-state index contributed by atoms with van der Waals surface area (Å²) in [7, 11) is 1.45. The zero-order chi connectivity index (χ0) is 17.3. The summed E-state index contributed by atoms with van der Waals surface area (Å²) >= 11 is 1.50. The largest absolute Gasteiger partial charge is 0.504 e. The standard InChI is InChI=1S/C18H18N2O3S/c1-11-4-5-15(12(2)6-11)16-8-20-14(10-24-18(20)19-16)7-13(9-23-3)17(21)22/h4-6,8-10H,7H2,1-3H3,(H,21,22)/b13-9-. The third-order valence-corrected chi connectivity index (χ3v) is 4.74. The van der Waals surface area contributed by atoms with Gasteiger partial charge >= 0.3 is 5.97 Å². The fourth-order valence-corrected chi connectivity index (χ4v) is 3.57. The molecular weight excluding hydrogens is 324 g/mol. The summed E-state index contributed by atoms with van der Waals surface area (Å²) in [5.74, 6) is -0.981. The van der Waals surface area contributed by atoms with Crippen LogP contribution in [0.25, 0.3) is 16.2 Å². The molecule has 3 aromatic rings. The molecule has 0 fully saturated rings. The van der Waals surface area contributed by atoms with Crippen LogP contribution in [0.2, 0.25) is 0 Å². The van der Waals surface area contributed by atoms with E-state index in [1.807, 2.05) is 16.0 Å². The summed E-state index contributed by atoms with van der Waals surface area (Å²) < 4.78 is 6.81. The summed E-state index contributed by atoms with van der Waals surface area (Å²) in [6, 6.07) is 6.28. The molecule has 0 aliphatic heterocycles. The summed E-state index contributed by atoms with van der Waals surface area (Å²) in [5, 5.41) is 11.2. The number of carbonyl (C=O) groups is 1. The van der Waals surface area contributed by atoms with E-state index in [-0.39, 0.29) is 12.0 Å². The molecule has 0 bridgehead atoms. The van der Waals surface area contributed by atoms with Crippen LogP contribution in [-0.2, 0) is 16.0 Å². The van der Waals surface area contributed by atoms with Gasteiger partial charge in [-0.15, -0.1) is 11.3 Å². The molecule has 5 nitrogen and oxygen atoms in total. The summed E-state index contributed by atoms with van der Waals surface area (Å²) in [6.45, 7) is 4.14. The van der Waals surface area contributed by atoms with Crippen LogP contribution < -0.4 is 0 Å². The number of hydrogen-bond acceptors (Lipinski definition) is 4. The Hall–Kier alpha value is -2.60. The molecule has 0 unspecified atom stereocenters. The van der Waals surface area contributed by atoms with Crippen molar-refractivity contribution in [2.24, 2.45) is 0 Å². The molecular formula is C18H18N2O3S. The van der Waals surface area contributed by atoms with Gasteiger partial charge in [0.1, 0.15) is 0 Å². The minimum atomic E-state index is -0.981. The molecule has 2 aromatic heterocycles. The topological polar surface area (TPSA) is 63.8 Å². The van der Waals surface area contributed by atoms with Crippen molar-refractivity contribution >= 4 is 22.3 Å². The molecule has 0 aliphatic rings. The van der Waals surface area contributed by atoms with E-state index >= 15 is 0 Å². The van der Waals surface area contributed by atoms with Crippen molar-refractivity contribution in [1.29, 1.82) is 0 Å². The number of fused-ring (bicyclic) bond motifs is 1. The first-order valence-electron chi connectivity index (χ1n) is 7.48. The van der Waals surface area contributed by atoms with Crippen LogP contribution in [0.5, 0.6) is 0 Å². The van der Waals surface area contributed by atoms with Gasteiger partial charge in [0.05, 0.1) is 24.6 Å². The number of aryl methyl sites for hydroxylation is 2. The Balaban J connectivity index is 2.00. The van der Waals surface area contributed by atoms with E-state index in [2.05, 4.69) is 37.0 Å². The van der Waals surface area contributed by atoms with Crippen LogP contribution in [0.15, 0.2) is 41.6 Å². The lowest BCUT2D eigenvalue weighted by molar-refractivity contribution is -0.132. The number of rotatable bonds is 5. The molecule has 0 spiro atoms. The van der Waals surface area contributed by atoms with Gasteiger partial charge in [-0.2, -0.15) is 0 Å². The van der Waals surface area contributed by atoms with Crippen molar-refractivity contribution in [3.63, 3.8) is 0 Å². The number of nitrogens with zero attached hydrogens (tertiary/aromatic N) is 2. The molecule has 24 heavy (non-hydrogen) atoms. The van der Waals surface area contributed by atoms with Crippen molar-refractivity contribution in [2.45, 2.75) is 20.3 Å². The van der Waals surface area contributed by atoms with Crippen molar-refractivity contribution in [1.82, 2.24) is 9.38 Å². The Kier molecular flexibility index (Phi) is 4.40. The van der Waals surface area contributed by atoms with Gasteiger partial charge in [-0.1, -0.05) is 23.8 Å². The molecule has 0 aliphatic carbocycles. The number of ether oxygens (including phenoxy) is 1. The van der Waals surface area contributed by atoms with Gasteiger partial charge in [0.15, 0.2) is 4.96 Å². The third kappa shape index (κ3) is 3.05. The van der Waals surface area contributed by atoms with Gasteiger partial charge in [-0.3, -0.25) is 4.40 Å². The van der Waals surface area contributed by atoms with Gasteiger partial charge in [0.2, 0.25) is 0 Å². The van der Waals surface area contributed by atoms with E-state index in [0.717, 1.165) is 21.9 Å².